The van der Waals surface area contributed by atoms with E-state index in [0.29, 0.717) is 0 Å². The first kappa shape index (κ1) is 11.5. The molecular weight excluding hydrogens is 241 g/mol. The normalized spacial score (nSPS) is 8.75. The molecule has 0 N–H and O–H groups in total. The lowest BCUT2D eigenvalue weighted by Gasteiger charge is -1.93. The maximum absolute atomic E-state index is 10.2. The fraction of sp³-hybridized carbons (Fsp3) is 0.143. The molecule has 0 saturated heterocycles. The Morgan fingerprint density at radius 1 is 1.33 bits per heavy atom. The minimum Gasteiger partial charge on any atom is -0.258 e. The molecule has 1 unspecified atom stereocenters. The molecule has 0 spiro atoms. The van der Waals surface area contributed by atoms with Crippen LogP contribution in [0, 0.1) is 10.1 Å². The van der Waals surface area contributed by atoms with Gasteiger partial charge in [-0.15, -0.1) is 26.2 Å². The van der Waals surface area contributed by atoms with E-state index >= 15 is 0 Å². The van der Waals surface area contributed by atoms with E-state index in [2.05, 4.69) is 9.24 Å². The summed E-state index contributed by atoms with van der Waals surface area (Å²) in [7, 11) is 2.56. The lowest BCUT2D eigenvalue weighted by atomic mass is 10.2. The van der Waals surface area contributed by atoms with Crippen LogP contribution in [-0.4, -0.2) is 4.92 Å². The number of nitrogens with zero attached hydrogens (tertiary/aromatic N) is 1. The topological polar surface area (TPSA) is 43.1 Å². The van der Waals surface area contributed by atoms with Gasteiger partial charge in [0.2, 0.25) is 0 Å². The molecule has 1 aromatic rings. The van der Waals surface area contributed by atoms with Crippen molar-refractivity contribution in [1.29, 1.82) is 0 Å². The fourth-order valence-electron chi connectivity index (χ4n) is 0.754. The Hall–Kier alpha value is -0.470. The SMILES string of the molecule is Br.O=[N+]([O-])c1ccc(CP)cc1. The van der Waals surface area contributed by atoms with Gasteiger partial charge in [-0.25, -0.2) is 0 Å². The van der Waals surface area contributed by atoms with Crippen LogP contribution >= 0.6 is 26.2 Å². The van der Waals surface area contributed by atoms with Crippen LogP contribution in [0.1, 0.15) is 5.56 Å². The van der Waals surface area contributed by atoms with Crippen molar-refractivity contribution in [2.75, 3.05) is 0 Å². The largest absolute Gasteiger partial charge is 0.269 e. The Morgan fingerprint density at radius 3 is 2.17 bits per heavy atom. The Kier molecular flexibility index (Phi) is 5.02. The zero-order chi connectivity index (χ0) is 8.27. The number of non-ortho nitro benzene ring substituents is 1. The van der Waals surface area contributed by atoms with Gasteiger partial charge in [0.05, 0.1) is 4.92 Å². The molecule has 0 amide bonds. The summed E-state index contributed by atoms with van der Waals surface area (Å²) in [6, 6.07) is 6.54. The van der Waals surface area contributed by atoms with Crippen molar-refractivity contribution in [3.8, 4) is 0 Å². The van der Waals surface area contributed by atoms with E-state index in [9.17, 15) is 10.1 Å². The van der Waals surface area contributed by atoms with Crippen LogP contribution in [0.15, 0.2) is 24.3 Å². The summed E-state index contributed by atoms with van der Waals surface area (Å²) in [4.78, 5) is 9.80. The molecule has 0 fully saturated rings. The summed E-state index contributed by atoms with van der Waals surface area (Å²) < 4.78 is 0. The van der Waals surface area contributed by atoms with E-state index in [1.165, 1.54) is 12.1 Å². The van der Waals surface area contributed by atoms with Gasteiger partial charge < -0.3 is 0 Å². The molecule has 0 aliphatic carbocycles. The molecule has 12 heavy (non-hydrogen) atoms. The lowest BCUT2D eigenvalue weighted by Crippen LogP contribution is -1.87. The van der Waals surface area contributed by atoms with Crippen molar-refractivity contribution in [3.05, 3.63) is 39.9 Å². The zero-order valence-corrected chi connectivity index (χ0v) is 9.13. The molecule has 0 bridgehead atoms. The third-order valence-electron chi connectivity index (χ3n) is 1.38. The lowest BCUT2D eigenvalue weighted by molar-refractivity contribution is -0.384. The molecule has 1 rings (SSSR count). The van der Waals surface area contributed by atoms with Gasteiger partial charge in [0.1, 0.15) is 0 Å². The molecule has 0 heterocycles. The van der Waals surface area contributed by atoms with Gasteiger partial charge in [0.15, 0.2) is 0 Å². The zero-order valence-electron chi connectivity index (χ0n) is 6.27. The van der Waals surface area contributed by atoms with Crippen LogP contribution in [0.3, 0.4) is 0 Å². The second-order valence-corrected chi connectivity index (χ2v) is 2.54. The van der Waals surface area contributed by atoms with Gasteiger partial charge in [-0.2, -0.15) is 0 Å². The van der Waals surface area contributed by atoms with E-state index in [1.807, 2.05) is 0 Å². The number of benzene rings is 1. The van der Waals surface area contributed by atoms with Gasteiger partial charge in [-0.1, -0.05) is 12.1 Å². The van der Waals surface area contributed by atoms with Crippen LogP contribution in [0.4, 0.5) is 5.69 Å². The van der Waals surface area contributed by atoms with Crippen LogP contribution < -0.4 is 0 Å². The van der Waals surface area contributed by atoms with Crippen LogP contribution in [0.2, 0.25) is 0 Å². The van der Waals surface area contributed by atoms with E-state index in [4.69, 9.17) is 0 Å². The van der Waals surface area contributed by atoms with E-state index in [0.717, 1.165) is 11.7 Å². The molecule has 1 atom stereocenters. The molecule has 0 aliphatic rings. The Balaban J connectivity index is 0.00000121. The summed E-state index contributed by atoms with van der Waals surface area (Å²) in [5.41, 5.74) is 1.23. The number of nitro groups is 1. The summed E-state index contributed by atoms with van der Waals surface area (Å²) in [6.07, 6.45) is 0.831. The van der Waals surface area contributed by atoms with E-state index < -0.39 is 4.92 Å². The third-order valence-corrected chi connectivity index (χ3v) is 1.85. The second-order valence-electron chi connectivity index (χ2n) is 2.13. The first-order valence-electron chi connectivity index (χ1n) is 3.17. The summed E-state index contributed by atoms with van der Waals surface area (Å²) >= 11 is 0. The maximum atomic E-state index is 10.2. The van der Waals surface area contributed by atoms with Gasteiger partial charge >= 0.3 is 0 Å². The first-order chi connectivity index (χ1) is 5.24. The highest BCUT2D eigenvalue weighted by Gasteiger charge is 2.01. The number of nitro benzene ring substituents is 1. The standard InChI is InChI=1S/C7H8NO2P.BrH/c9-8(10)7-3-1-6(5-11)2-4-7;/h1-4H,5,11H2;1H. The Labute approximate surface area is 83.3 Å². The number of halogens is 1. The summed E-state index contributed by atoms with van der Waals surface area (Å²) in [6.45, 7) is 0. The minimum atomic E-state index is -0.396. The van der Waals surface area contributed by atoms with Gasteiger partial charge in [0, 0.05) is 12.1 Å². The maximum Gasteiger partial charge on any atom is 0.269 e. The monoisotopic (exact) mass is 249 g/mol. The summed E-state index contributed by atoms with van der Waals surface area (Å²) in [5.74, 6) is 0. The predicted octanol–water partition coefficient (Wildman–Crippen LogP) is 2.55. The average molecular weight is 250 g/mol. The molecule has 0 radical (unpaired) electrons. The third kappa shape index (κ3) is 2.88. The predicted molar refractivity (Wildman–Crippen MR) is 56.8 cm³/mol. The Bertz CT molecular complexity index is 263. The molecule has 0 aliphatic heterocycles. The molecule has 0 aromatic heterocycles. The van der Waals surface area contributed by atoms with E-state index in [-0.39, 0.29) is 22.7 Å². The van der Waals surface area contributed by atoms with Gasteiger partial charge in [0.25, 0.3) is 5.69 Å². The fourth-order valence-corrected chi connectivity index (χ4v) is 1.03. The van der Waals surface area contributed by atoms with Crippen LogP contribution in [0.5, 0.6) is 0 Å². The molecule has 0 saturated carbocycles. The molecule has 1 aromatic carbocycles. The van der Waals surface area contributed by atoms with Crippen molar-refractivity contribution in [3.63, 3.8) is 0 Å². The quantitative estimate of drug-likeness (QED) is 0.460. The second kappa shape index (κ2) is 5.22. The Morgan fingerprint density at radius 2 is 1.83 bits per heavy atom. The average Bonchev–Trinajstić information content (AvgIpc) is 2.05. The number of hydrogen-bond acceptors (Lipinski definition) is 2. The van der Waals surface area contributed by atoms with Crippen molar-refractivity contribution < 1.29 is 4.92 Å². The number of rotatable bonds is 2. The molecule has 5 heteroatoms. The van der Waals surface area contributed by atoms with Gasteiger partial charge in [-0.05, 0) is 11.7 Å². The van der Waals surface area contributed by atoms with Crippen LogP contribution in [-0.2, 0) is 6.16 Å². The molecule has 3 nitrogen and oxygen atoms in total. The van der Waals surface area contributed by atoms with Crippen molar-refractivity contribution in [2.45, 2.75) is 6.16 Å². The highest BCUT2D eigenvalue weighted by atomic mass is 79.9. The first-order valence-corrected chi connectivity index (χ1v) is 3.99. The molecule has 66 valence electrons. The van der Waals surface area contributed by atoms with Crippen LogP contribution in [0.25, 0.3) is 0 Å². The molecular formula is C7H9BrNO2P. The van der Waals surface area contributed by atoms with E-state index in [1.54, 1.807) is 12.1 Å². The van der Waals surface area contributed by atoms with Crippen molar-refractivity contribution in [1.82, 2.24) is 0 Å². The van der Waals surface area contributed by atoms with Crippen molar-refractivity contribution >= 4 is 31.9 Å². The smallest absolute Gasteiger partial charge is 0.258 e. The minimum absolute atomic E-state index is 0. The highest BCUT2D eigenvalue weighted by Crippen LogP contribution is 2.13. The highest BCUT2D eigenvalue weighted by molar-refractivity contribution is 8.93. The van der Waals surface area contributed by atoms with Crippen molar-refractivity contribution in [2.24, 2.45) is 0 Å². The number of hydrogen-bond donors (Lipinski definition) is 0. The summed E-state index contributed by atoms with van der Waals surface area (Å²) in [5, 5.41) is 10.2. The van der Waals surface area contributed by atoms with Gasteiger partial charge in [-0.3, -0.25) is 10.1 Å².